The molecule has 1 aliphatic heterocycles. The molecule has 27 heavy (non-hydrogen) atoms. The Morgan fingerprint density at radius 2 is 1.93 bits per heavy atom. The van der Waals surface area contributed by atoms with Crippen LogP contribution >= 0.6 is 0 Å². The van der Waals surface area contributed by atoms with Gasteiger partial charge in [0.1, 0.15) is 11.9 Å². The SMILES string of the molecule is Cn1ccnc1[C@H](NC(=O)[C@H]1Cc2ccccc2C(=O)O1)c1ccccc1. The minimum Gasteiger partial charge on any atom is -0.448 e. The first-order chi connectivity index (χ1) is 13.1. The second-order valence-corrected chi connectivity index (χ2v) is 6.50. The van der Waals surface area contributed by atoms with Crippen LogP contribution in [0.5, 0.6) is 0 Å². The molecule has 0 saturated heterocycles. The van der Waals surface area contributed by atoms with E-state index in [0.717, 1.165) is 11.1 Å². The molecule has 6 heteroatoms. The summed E-state index contributed by atoms with van der Waals surface area (Å²) in [5.74, 6) is -0.1000. The normalized spacial score (nSPS) is 16.9. The average molecular weight is 361 g/mol. The molecule has 0 radical (unpaired) electrons. The van der Waals surface area contributed by atoms with E-state index in [4.69, 9.17) is 4.74 Å². The van der Waals surface area contributed by atoms with E-state index in [-0.39, 0.29) is 5.91 Å². The smallest absolute Gasteiger partial charge is 0.339 e. The Morgan fingerprint density at radius 1 is 1.19 bits per heavy atom. The number of esters is 1. The molecule has 0 spiro atoms. The lowest BCUT2D eigenvalue weighted by atomic mass is 9.97. The van der Waals surface area contributed by atoms with Gasteiger partial charge in [0.25, 0.3) is 5.91 Å². The predicted octanol–water partition coefficient (Wildman–Crippen LogP) is 2.41. The zero-order chi connectivity index (χ0) is 18.8. The van der Waals surface area contributed by atoms with Crippen LogP contribution in [0.4, 0.5) is 0 Å². The van der Waals surface area contributed by atoms with Gasteiger partial charge in [-0.3, -0.25) is 4.79 Å². The first-order valence-electron chi connectivity index (χ1n) is 8.75. The summed E-state index contributed by atoms with van der Waals surface area (Å²) in [5, 5.41) is 3.00. The maximum atomic E-state index is 12.9. The van der Waals surface area contributed by atoms with Crippen LogP contribution in [0, 0.1) is 0 Å². The Labute approximate surface area is 156 Å². The Balaban J connectivity index is 1.60. The average Bonchev–Trinajstić information content (AvgIpc) is 3.12. The van der Waals surface area contributed by atoms with Gasteiger partial charge < -0.3 is 14.6 Å². The number of fused-ring (bicyclic) bond motifs is 1. The van der Waals surface area contributed by atoms with Crippen molar-refractivity contribution in [1.82, 2.24) is 14.9 Å². The molecular formula is C21H19N3O3. The highest BCUT2D eigenvalue weighted by molar-refractivity contribution is 5.95. The summed E-state index contributed by atoms with van der Waals surface area (Å²) in [6.07, 6.45) is 3.01. The molecule has 3 aromatic rings. The van der Waals surface area contributed by atoms with E-state index >= 15 is 0 Å². The lowest BCUT2D eigenvalue weighted by molar-refractivity contribution is -0.130. The minimum atomic E-state index is -0.862. The monoisotopic (exact) mass is 361 g/mol. The van der Waals surface area contributed by atoms with Gasteiger partial charge >= 0.3 is 5.97 Å². The summed E-state index contributed by atoms with van der Waals surface area (Å²) in [6, 6.07) is 16.4. The fourth-order valence-electron chi connectivity index (χ4n) is 3.31. The minimum absolute atomic E-state index is 0.338. The van der Waals surface area contributed by atoms with Crippen LogP contribution in [0.3, 0.4) is 0 Å². The van der Waals surface area contributed by atoms with E-state index in [1.54, 1.807) is 18.3 Å². The molecule has 0 unspecified atom stereocenters. The van der Waals surface area contributed by atoms with E-state index in [0.29, 0.717) is 17.8 Å². The van der Waals surface area contributed by atoms with Crippen molar-refractivity contribution in [3.8, 4) is 0 Å². The predicted molar refractivity (Wildman–Crippen MR) is 99.0 cm³/mol. The number of rotatable bonds is 4. The third kappa shape index (κ3) is 3.33. The number of cyclic esters (lactones) is 1. The quantitative estimate of drug-likeness (QED) is 0.725. The molecule has 2 heterocycles. The van der Waals surface area contributed by atoms with E-state index in [1.165, 1.54) is 0 Å². The molecule has 136 valence electrons. The highest BCUT2D eigenvalue weighted by atomic mass is 16.5. The second kappa shape index (κ2) is 7.07. The van der Waals surface area contributed by atoms with Crippen LogP contribution < -0.4 is 5.32 Å². The third-order valence-electron chi connectivity index (χ3n) is 4.72. The number of carbonyl (C=O) groups excluding carboxylic acids is 2. The summed E-state index contributed by atoms with van der Waals surface area (Å²) in [7, 11) is 1.88. The second-order valence-electron chi connectivity index (χ2n) is 6.50. The number of amides is 1. The largest absolute Gasteiger partial charge is 0.448 e. The first kappa shape index (κ1) is 17.0. The summed E-state index contributed by atoms with van der Waals surface area (Å²) >= 11 is 0. The van der Waals surface area contributed by atoms with Crippen molar-refractivity contribution >= 4 is 11.9 Å². The lowest BCUT2D eigenvalue weighted by Gasteiger charge is -2.26. The Bertz CT molecular complexity index is 981. The van der Waals surface area contributed by atoms with Gasteiger partial charge in [0.2, 0.25) is 0 Å². The van der Waals surface area contributed by atoms with Crippen molar-refractivity contribution < 1.29 is 14.3 Å². The zero-order valence-electron chi connectivity index (χ0n) is 14.8. The molecule has 1 aliphatic rings. The number of carbonyl (C=O) groups is 2. The number of nitrogens with one attached hydrogen (secondary N) is 1. The van der Waals surface area contributed by atoms with Gasteiger partial charge in [-0.15, -0.1) is 0 Å². The molecule has 0 saturated carbocycles. The van der Waals surface area contributed by atoms with Crippen molar-refractivity contribution in [2.45, 2.75) is 18.6 Å². The number of imidazole rings is 1. The van der Waals surface area contributed by atoms with Gasteiger partial charge in [-0.25, -0.2) is 9.78 Å². The molecule has 0 fully saturated rings. The van der Waals surface area contributed by atoms with Crippen LogP contribution in [0.25, 0.3) is 0 Å². The van der Waals surface area contributed by atoms with Gasteiger partial charge in [0.15, 0.2) is 6.10 Å². The Hall–Kier alpha value is -3.41. The van der Waals surface area contributed by atoms with Crippen LogP contribution in [0.2, 0.25) is 0 Å². The fraction of sp³-hybridized carbons (Fsp3) is 0.190. The third-order valence-corrected chi connectivity index (χ3v) is 4.72. The molecule has 0 aliphatic carbocycles. The Kier molecular flexibility index (Phi) is 4.46. The Morgan fingerprint density at radius 3 is 2.67 bits per heavy atom. The maximum absolute atomic E-state index is 12.9. The summed E-state index contributed by atoms with van der Waals surface area (Å²) < 4.78 is 7.24. The molecule has 1 amide bonds. The molecule has 2 atom stereocenters. The van der Waals surface area contributed by atoms with E-state index in [1.807, 2.05) is 60.3 Å². The number of hydrogen-bond acceptors (Lipinski definition) is 4. The number of hydrogen-bond donors (Lipinski definition) is 1. The van der Waals surface area contributed by atoms with Gasteiger partial charge in [-0.1, -0.05) is 48.5 Å². The van der Waals surface area contributed by atoms with Crippen LogP contribution in [-0.2, 0) is 23.0 Å². The number of benzene rings is 2. The van der Waals surface area contributed by atoms with Crippen LogP contribution in [0.1, 0.15) is 33.4 Å². The topological polar surface area (TPSA) is 73.2 Å². The summed E-state index contributed by atoms with van der Waals surface area (Å²) in [5.41, 5.74) is 2.25. The number of nitrogens with zero attached hydrogens (tertiary/aromatic N) is 2. The highest BCUT2D eigenvalue weighted by Crippen LogP contribution is 2.24. The van der Waals surface area contributed by atoms with Crippen molar-refractivity contribution in [3.05, 3.63) is 89.5 Å². The van der Waals surface area contributed by atoms with Crippen molar-refractivity contribution in [2.75, 3.05) is 0 Å². The molecular weight excluding hydrogens is 342 g/mol. The van der Waals surface area contributed by atoms with E-state index in [2.05, 4.69) is 10.3 Å². The highest BCUT2D eigenvalue weighted by Gasteiger charge is 2.33. The van der Waals surface area contributed by atoms with Crippen molar-refractivity contribution in [3.63, 3.8) is 0 Å². The molecule has 1 N–H and O–H groups in total. The molecule has 2 aromatic carbocycles. The standard InChI is InChI=1S/C21H19N3O3/c1-24-12-11-22-19(24)18(14-7-3-2-4-8-14)23-20(25)17-13-15-9-5-6-10-16(15)21(26)27-17/h2-12,17-18H,13H2,1H3,(H,23,25)/t17-,18-/m1/s1. The zero-order valence-corrected chi connectivity index (χ0v) is 14.8. The summed E-state index contributed by atoms with van der Waals surface area (Å²) in [4.78, 5) is 29.5. The van der Waals surface area contributed by atoms with Gasteiger partial charge in [-0.2, -0.15) is 0 Å². The molecule has 1 aromatic heterocycles. The number of aromatic nitrogens is 2. The van der Waals surface area contributed by atoms with E-state index < -0.39 is 18.1 Å². The molecule has 6 nitrogen and oxygen atoms in total. The number of aryl methyl sites for hydroxylation is 1. The van der Waals surface area contributed by atoms with Crippen molar-refractivity contribution in [1.29, 1.82) is 0 Å². The van der Waals surface area contributed by atoms with Gasteiger partial charge in [0.05, 0.1) is 5.56 Å². The van der Waals surface area contributed by atoms with Crippen LogP contribution in [-0.4, -0.2) is 27.5 Å². The molecule has 4 rings (SSSR count). The van der Waals surface area contributed by atoms with Crippen molar-refractivity contribution in [2.24, 2.45) is 7.05 Å². The maximum Gasteiger partial charge on any atom is 0.339 e. The number of ether oxygens (including phenoxy) is 1. The van der Waals surface area contributed by atoms with Gasteiger partial charge in [-0.05, 0) is 17.2 Å². The lowest BCUT2D eigenvalue weighted by Crippen LogP contribution is -2.43. The summed E-state index contributed by atoms with van der Waals surface area (Å²) in [6.45, 7) is 0. The molecule has 0 bridgehead atoms. The van der Waals surface area contributed by atoms with Crippen LogP contribution in [0.15, 0.2) is 67.0 Å². The van der Waals surface area contributed by atoms with E-state index in [9.17, 15) is 9.59 Å². The van der Waals surface area contributed by atoms with Gasteiger partial charge in [0, 0.05) is 25.9 Å². The first-order valence-corrected chi connectivity index (χ1v) is 8.75. The fourth-order valence-corrected chi connectivity index (χ4v) is 3.31.